The molecule has 0 unspecified atom stereocenters. The molecule has 1 aromatic rings. The van der Waals surface area contributed by atoms with Crippen molar-refractivity contribution in [1.29, 1.82) is 0 Å². The Morgan fingerprint density at radius 3 is 2.33 bits per heavy atom. The summed E-state index contributed by atoms with van der Waals surface area (Å²) in [6.45, 7) is 6.68. The minimum atomic E-state index is 0.268. The number of carbonyl (C=O) groups excluding carboxylic acids is 1. The third kappa shape index (κ3) is 5.97. The minimum Gasteiger partial charge on any atom is -0.374 e. The minimum absolute atomic E-state index is 0.268. The Hall–Kier alpha value is -1.15. The van der Waals surface area contributed by atoms with E-state index in [1.807, 2.05) is 20.8 Å². The second kappa shape index (κ2) is 8.04. The highest BCUT2D eigenvalue weighted by atomic mass is 16.5. The van der Waals surface area contributed by atoms with E-state index in [1.165, 1.54) is 11.1 Å². The summed E-state index contributed by atoms with van der Waals surface area (Å²) < 4.78 is 5.55. The summed E-state index contributed by atoms with van der Waals surface area (Å²) in [5, 5.41) is 0. The Morgan fingerprint density at radius 2 is 1.78 bits per heavy atom. The zero-order chi connectivity index (χ0) is 13.4. The third-order valence-electron chi connectivity index (χ3n) is 2.92. The monoisotopic (exact) mass is 248 g/mol. The van der Waals surface area contributed by atoms with Gasteiger partial charge in [0.2, 0.25) is 0 Å². The van der Waals surface area contributed by atoms with Gasteiger partial charge in [0.25, 0.3) is 0 Å². The summed E-state index contributed by atoms with van der Waals surface area (Å²) in [4.78, 5) is 11.2. The van der Waals surface area contributed by atoms with Crippen LogP contribution in [0.15, 0.2) is 24.3 Å². The van der Waals surface area contributed by atoms with Gasteiger partial charge in [-0.15, -0.1) is 0 Å². The Bertz CT molecular complexity index is 352. The number of hydrogen-bond donors (Lipinski definition) is 0. The van der Waals surface area contributed by atoms with E-state index in [1.54, 1.807) is 0 Å². The summed E-state index contributed by atoms with van der Waals surface area (Å²) in [5.74, 6) is 0.358. The molecule has 1 aromatic carbocycles. The van der Waals surface area contributed by atoms with E-state index in [0.717, 1.165) is 12.8 Å². The fourth-order valence-electron chi connectivity index (χ4n) is 1.73. The third-order valence-corrected chi connectivity index (χ3v) is 2.92. The van der Waals surface area contributed by atoms with Crippen LogP contribution in [-0.2, 0) is 22.6 Å². The molecule has 2 nitrogen and oxygen atoms in total. The second-order valence-electron chi connectivity index (χ2n) is 4.92. The van der Waals surface area contributed by atoms with E-state index in [4.69, 9.17) is 4.74 Å². The molecule has 2 heteroatoms. The van der Waals surface area contributed by atoms with E-state index >= 15 is 0 Å². The average Bonchev–Trinajstić information content (AvgIpc) is 2.37. The van der Waals surface area contributed by atoms with Gasteiger partial charge in [0.1, 0.15) is 5.78 Å². The molecule has 0 fully saturated rings. The molecule has 0 aliphatic heterocycles. The molecule has 0 radical (unpaired) electrons. The van der Waals surface area contributed by atoms with E-state index in [2.05, 4.69) is 24.3 Å². The first-order valence-corrected chi connectivity index (χ1v) is 6.83. The molecule has 0 bridgehead atoms. The summed E-state index contributed by atoms with van der Waals surface area (Å²) in [6, 6.07) is 8.49. The number of ether oxygens (including phenoxy) is 1. The van der Waals surface area contributed by atoms with Crippen LogP contribution in [0.3, 0.4) is 0 Å². The Balaban J connectivity index is 2.33. The van der Waals surface area contributed by atoms with Gasteiger partial charge in [0, 0.05) is 12.8 Å². The molecule has 0 aliphatic carbocycles. The standard InChI is InChI=1S/C16H24O2/c1-4-16(17)7-5-6-14-8-10-15(11-9-14)12-18-13(2)3/h8-11,13H,4-7,12H2,1-3H3. The van der Waals surface area contributed by atoms with Crippen molar-refractivity contribution in [1.82, 2.24) is 0 Å². The van der Waals surface area contributed by atoms with Crippen LogP contribution in [0.1, 0.15) is 51.2 Å². The molecule has 1 rings (SSSR count). The van der Waals surface area contributed by atoms with Crippen molar-refractivity contribution in [2.45, 2.75) is 59.2 Å². The number of rotatable bonds is 8. The molecular formula is C16H24O2. The Labute approximate surface area is 110 Å². The van der Waals surface area contributed by atoms with Crippen LogP contribution in [0, 0.1) is 0 Å². The van der Waals surface area contributed by atoms with Gasteiger partial charge in [-0.2, -0.15) is 0 Å². The van der Waals surface area contributed by atoms with Crippen LogP contribution in [0.4, 0.5) is 0 Å². The molecule has 0 atom stereocenters. The van der Waals surface area contributed by atoms with Gasteiger partial charge < -0.3 is 4.74 Å². The topological polar surface area (TPSA) is 26.3 Å². The van der Waals surface area contributed by atoms with Crippen molar-refractivity contribution in [2.24, 2.45) is 0 Å². The van der Waals surface area contributed by atoms with Crippen LogP contribution >= 0.6 is 0 Å². The summed E-state index contributed by atoms with van der Waals surface area (Å²) in [7, 11) is 0. The first-order chi connectivity index (χ1) is 8.61. The largest absolute Gasteiger partial charge is 0.374 e. The first-order valence-electron chi connectivity index (χ1n) is 6.83. The van der Waals surface area contributed by atoms with Gasteiger partial charge in [0.15, 0.2) is 0 Å². The van der Waals surface area contributed by atoms with E-state index in [9.17, 15) is 4.79 Å². The highest BCUT2D eigenvalue weighted by molar-refractivity contribution is 5.77. The molecule has 0 aliphatic rings. The molecule has 0 N–H and O–H groups in total. The zero-order valence-electron chi connectivity index (χ0n) is 11.7. The van der Waals surface area contributed by atoms with Crippen molar-refractivity contribution in [3.63, 3.8) is 0 Å². The lowest BCUT2D eigenvalue weighted by molar-refractivity contribution is -0.118. The Kier molecular flexibility index (Phi) is 6.66. The van der Waals surface area contributed by atoms with Crippen molar-refractivity contribution >= 4 is 5.78 Å². The maximum atomic E-state index is 11.2. The van der Waals surface area contributed by atoms with Crippen molar-refractivity contribution < 1.29 is 9.53 Å². The molecule has 0 heterocycles. The van der Waals surface area contributed by atoms with E-state index in [-0.39, 0.29) is 6.10 Å². The molecule has 0 aromatic heterocycles. The van der Waals surface area contributed by atoms with Crippen LogP contribution in [0.2, 0.25) is 0 Å². The first kappa shape index (κ1) is 14.9. The van der Waals surface area contributed by atoms with Gasteiger partial charge in [-0.3, -0.25) is 4.79 Å². The van der Waals surface area contributed by atoms with E-state index in [0.29, 0.717) is 25.2 Å². The molecular weight excluding hydrogens is 224 g/mol. The van der Waals surface area contributed by atoms with Crippen molar-refractivity contribution in [3.8, 4) is 0 Å². The predicted molar refractivity (Wildman–Crippen MR) is 74.6 cm³/mol. The molecule has 0 saturated carbocycles. The number of carbonyl (C=O) groups is 1. The number of hydrogen-bond acceptors (Lipinski definition) is 2. The quantitative estimate of drug-likeness (QED) is 0.697. The molecule has 100 valence electrons. The highest BCUT2D eigenvalue weighted by Crippen LogP contribution is 2.10. The second-order valence-corrected chi connectivity index (χ2v) is 4.92. The van der Waals surface area contributed by atoms with Gasteiger partial charge >= 0.3 is 0 Å². The van der Waals surface area contributed by atoms with Gasteiger partial charge in [-0.25, -0.2) is 0 Å². The van der Waals surface area contributed by atoms with Crippen molar-refractivity contribution in [2.75, 3.05) is 0 Å². The fourth-order valence-corrected chi connectivity index (χ4v) is 1.73. The molecule has 0 saturated heterocycles. The Morgan fingerprint density at radius 1 is 1.17 bits per heavy atom. The lowest BCUT2D eigenvalue weighted by Gasteiger charge is -2.08. The predicted octanol–water partition coefficient (Wildman–Crippen LogP) is 3.91. The molecule has 18 heavy (non-hydrogen) atoms. The normalized spacial score (nSPS) is 10.9. The lowest BCUT2D eigenvalue weighted by atomic mass is 10.0. The van der Waals surface area contributed by atoms with Gasteiger partial charge in [0.05, 0.1) is 12.7 Å². The van der Waals surface area contributed by atoms with Gasteiger partial charge in [-0.1, -0.05) is 31.2 Å². The van der Waals surface area contributed by atoms with Crippen LogP contribution < -0.4 is 0 Å². The lowest BCUT2D eigenvalue weighted by Crippen LogP contribution is -2.02. The fraction of sp³-hybridized carbons (Fsp3) is 0.562. The maximum Gasteiger partial charge on any atom is 0.132 e. The summed E-state index contributed by atoms with van der Waals surface area (Å²) >= 11 is 0. The zero-order valence-corrected chi connectivity index (χ0v) is 11.7. The summed E-state index contributed by atoms with van der Waals surface area (Å²) in [5.41, 5.74) is 2.50. The average molecular weight is 248 g/mol. The van der Waals surface area contributed by atoms with Crippen LogP contribution in [-0.4, -0.2) is 11.9 Å². The molecule has 0 amide bonds. The van der Waals surface area contributed by atoms with Crippen LogP contribution in [0.5, 0.6) is 0 Å². The number of benzene rings is 1. The van der Waals surface area contributed by atoms with Crippen molar-refractivity contribution in [3.05, 3.63) is 35.4 Å². The number of ketones is 1. The smallest absolute Gasteiger partial charge is 0.132 e. The van der Waals surface area contributed by atoms with Crippen LogP contribution in [0.25, 0.3) is 0 Å². The molecule has 0 spiro atoms. The maximum absolute atomic E-state index is 11.2. The number of Topliss-reactive ketones (excluding diaryl/α,β-unsaturated/α-hetero) is 1. The SMILES string of the molecule is CCC(=O)CCCc1ccc(COC(C)C)cc1. The number of aryl methyl sites for hydroxylation is 1. The van der Waals surface area contributed by atoms with E-state index < -0.39 is 0 Å². The highest BCUT2D eigenvalue weighted by Gasteiger charge is 2.00. The van der Waals surface area contributed by atoms with Gasteiger partial charge in [-0.05, 0) is 37.8 Å². The summed E-state index contributed by atoms with van der Waals surface area (Å²) in [6.07, 6.45) is 3.57.